The summed E-state index contributed by atoms with van der Waals surface area (Å²) in [5.41, 5.74) is 1.35. The van der Waals surface area contributed by atoms with E-state index < -0.39 is 73.4 Å². The molecule has 3 heterocycles. The van der Waals surface area contributed by atoms with Crippen LogP contribution in [0.5, 0.6) is 28.7 Å². The topological polar surface area (TPSA) is 192 Å². The first kappa shape index (κ1) is 29.7. The molecule has 0 saturated carbocycles. The highest BCUT2D eigenvalue weighted by molar-refractivity contribution is 5.75. The molecule has 14 nitrogen and oxygen atoms in total. The number of ether oxygens (including phenoxy) is 8. The number of aliphatic hydroxyl groups is 3. The van der Waals surface area contributed by atoms with E-state index >= 15 is 0 Å². The van der Waals surface area contributed by atoms with E-state index in [4.69, 9.17) is 37.9 Å². The van der Waals surface area contributed by atoms with Crippen LogP contribution in [0.1, 0.15) is 35.6 Å². The Balaban J connectivity index is 1.46. The Bertz CT molecular complexity index is 1340. The van der Waals surface area contributed by atoms with Crippen LogP contribution in [-0.2, 0) is 23.7 Å². The second-order valence-electron chi connectivity index (χ2n) is 10.9. The van der Waals surface area contributed by atoms with Gasteiger partial charge in [0, 0.05) is 18.4 Å². The van der Waals surface area contributed by atoms with Gasteiger partial charge in [-0.2, -0.15) is 0 Å². The number of fused-ring (bicyclic) bond motifs is 3. The fraction of sp³-hybridized carbons (Fsp3) is 0.552. The molecule has 1 unspecified atom stereocenters. The highest BCUT2D eigenvalue weighted by Crippen LogP contribution is 2.55. The summed E-state index contributed by atoms with van der Waals surface area (Å²) in [7, 11) is 2.72. The SMILES string of the molecule is COc1cc([C@@H]2c3cc4c(cc3[C@@H](O[C@@H]3O[C@@H]5CO[C@@H](C)O[C@H]5[C@H](O)[C@@H]3O)[C@@H](CO)C2C(=O)O)OCO4)cc(OC)c1O. The molecule has 10 atom stereocenters. The van der Waals surface area contributed by atoms with Gasteiger partial charge in [0.1, 0.15) is 24.4 Å². The van der Waals surface area contributed by atoms with E-state index in [0.717, 1.165) is 0 Å². The van der Waals surface area contributed by atoms with Gasteiger partial charge in [0.25, 0.3) is 0 Å². The number of methoxy groups -OCH3 is 2. The zero-order chi connectivity index (χ0) is 30.6. The van der Waals surface area contributed by atoms with Crippen LogP contribution in [0.2, 0.25) is 0 Å². The minimum Gasteiger partial charge on any atom is -0.502 e. The Hall–Kier alpha value is -3.37. The van der Waals surface area contributed by atoms with Crippen molar-refractivity contribution < 1.29 is 68.2 Å². The van der Waals surface area contributed by atoms with Gasteiger partial charge in [-0.3, -0.25) is 4.79 Å². The summed E-state index contributed by atoms with van der Waals surface area (Å²) < 4.78 is 45.3. The van der Waals surface area contributed by atoms with Gasteiger partial charge >= 0.3 is 5.97 Å². The lowest BCUT2D eigenvalue weighted by Gasteiger charge is -2.48. The Morgan fingerprint density at radius 2 is 1.63 bits per heavy atom. The maximum Gasteiger partial charge on any atom is 0.307 e. The first-order chi connectivity index (χ1) is 20.7. The molecule has 4 aliphatic rings. The zero-order valence-corrected chi connectivity index (χ0v) is 23.6. The molecule has 2 saturated heterocycles. The Morgan fingerprint density at radius 3 is 2.23 bits per heavy atom. The monoisotopic (exact) mass is 606 g/mol. The number of rotatable bonds is 7. The largest absolute Gasteiger partial charge is 0.502 e. The lowest BCUT2D eigenvalue weighted by atomic mass is 9.65. The van der Waals surface area contributed by atoms with E-state index in [1.807, 2.05) is 0 Å². The number of phenolic OH excluding ortho intramolecular Hbond substituents is 1. The molecule has 2 aromatic rings. The summed E-state index contributed by atoms with van der Waals surface area (Å²) >= 11 is 0. The number of aliphatic hydroxyl groups excluding tert-OH is 3. The first-order valence-electron chi connectivity index (χ1n) is 13.8. The standard InChI is InChI=1S/C29H34O14/c1-11-38-9-20-27(41-11)24(32)25(33)29(42-20)43-26-14-7-17-16(39-10-40-17)6-13(14)21(22(28(34)35)15(26)8-30)12-4-18(36-2)23(31)19(5-12)37-3/h4-7,11,15,20-22,24-27,29-33H,8-10H2,1-3H3,(H,34,35)/t11-,15+,20-,21-,22?,24-,25+,26-,27-,29+/m1/s1. The average Bonchev–Trinajstić information content (AvgIpc) is 3.46. The predicted molar refractivity (Wildman–Crippen MR) is 142 cm³/mol. The van der Waals surface area contributed by atoms with Crippen molar-refractivity contribution in [2.75, 3.05) is 34.2 Å². The van der Waals surface area contributed by atoms with Gasteiger partial charge in [0.2, 0.25) is 12.5 Å². The number of carbonyl (C=O) groups is 1. The minimum atomic E-state index is -1.56. The quantitative estimate of drug-likeness (QED) is 0.298. The summed E-state index contributed by atoms with van der Waals surface area (Å²) in [5, 5.41) is 53.7. The molecule has 234 valence electrons. The number of hydrogen-bond donors (Lipinski definition) is 5. The van der Waals surface area contributed by atoms with Gasteiger partial charge in [0.05, 0.1) is 32.8 Å². The van der Waals surface area contributed by atoms with Gasteiger partial charge in [-0.05, 0) is 47.9 Å². The molecule has 6 rings (SSSR count). The van der Waals surface area contributed by atoms with E-state index in [9.17, 15) is 30.3 Å². The molecular formula is C29H34O14. The molecule has 14 heteroatoms. The molecule has 5 N–H and O–H groups in total. The van der Waals surface area contributed by atoms with Crippen LogP contribution in [-0.4, -0.2) is 103 Å². The van der Waals surface area contributed by atoms with Gasteiger partial charge in [-0.15, -0.1) is 0 Å². The number of phenols is 1. The van der Waals surface area contributed by atoms with Gasteiger partial charge in [-0.1, -0.05) is 0 Å². The molecule has 2 aromatic carbocycles. The van der Waals surface area contributed by atoms with Crippen LogP contribution < -0.4 is 18.9 Å². The number of hydrogen-bond acceptors (Lipinski definition) is 13. The molecule has 43 heavy (non-hydrogen) atoms. The maximum atomic E-state index is 13.0. The molecule has 0 aromatic heterocycles. The first-order valence-corrected chi connectivity index (χ1v) is 13.8. The normalized spacial score (nSPS) is 34.7. The van der Waals surface area contributed by atoms with Crippen molar-refractivity contribution in [3.8, 4) is 28.7 Å². The number of carboxylic acids is 1. The lowest BCUT2D eigenvalue weighted by Crippen LogP contribution is -2.63. The fourth-order valence-electron chi connectivity index (χ4n) is 6.49. The molecule has 0 radical (unpaired) electrons. The van der Waals surface area contributed by atoms with Crippen LogP contribution >= 0.6 is 0 Å². The predicted octanol–water partition coefficient (Wildman–Crippen LogP) is 0.859. The van der Waals surface area contributed by atoms with Crippen LogP contribution in [0, 0.1) is 11.8 Å². The summed E-state index contributed by atoms with van der Waals surface area (Å²) in [4.78, 5) is 13.0. The fourth-order valence-corrected chi connectivity index (χ4v) is 6.49. The van der Waals surface area contributed by atoms with Crippen molar-refractivity contribution in [3.05, 3.63) is 41.0 Å². The number of benzene rings is 2. The Kier molecular flexibility index (Phi) is 8.02. The Labute approximate surface area is 246 Å². The molecule has 2 fully saturated rings. The minimum absolute atomic E-state index is 0.0564. The van der Waals surface area contributed by atoms with Gasteiger partial charge in [-0.25, -0.2) is 0 Å². The smallest absolute Gasteiger partial charge is 0.307 e. The third kappa shape index (κ3) is 5.02. The second-order valence-corrected chi connectivity index (χ2v) is 10.9. The van der Waals surface area contributed by atoms with Crippen LogP contribution in [0.3, 0.4) is 0 Å². The van der Waals surface area contributed by atoms with Crippen molar-refractivity contribution in [3.63, 3.8) is 0 Å². The van der Waals surface area contributed by atoms with Crippen LogP contribution in [0.15, 0.2) is 24.3 Å². The molecule has 0 amide bonds. The molecule has 0 bridgehead atoms. The van der Waals surface area contributed by atoms with Crippen LogP contribution in [0.25, 0.3) is 0 Å². The second kappa shape index (κ2) is 11.6. The highest BCUT2D eigenvalue weighted by atomic mass is 16.8. The molecule has 3 aliphatic heterocycles. The van der Waals surface area contributed by atoms with Crippen molar-refractivity contribution in [2.24, 2.45) is 11.8 Å². The summed E-state index contributed by atoms with van der Waals surface area (Å²) in [5.74, 6) is -3.88. The van der Waals surface area contributed by atoms with Crippen molar-refractivity contribution in [1.82, 2.24) is 0 Å². The maximum absolute atomic E-state index is 13.0. The lowest BCUT2D eigenvalue weighted by molar-refractivity contribution is -0.365. The molecule has 1 aliphatic carbocycles. The number of carboxylic acid groups (broad SMARTS) is 1. The van der Waals surface area contributed by atoms with E-state index in [1.54, 1.807) is 19.1 Å². The zero-order valence-electron chi connectivity index (χ0n) is 23.6. The number of aliphatic carboxylic acids is 1. The van der Waals surface area contributed by atoms with Crippen molar-refractivity contribution >= 4 is 5.97 Å². The molecular weight excluding hydrogens is 572 g/mol. The average molecular weight is 607 g/mol. The third-order valence-electron chi connectivity index (χ3n) is 8.55. The van der Waals surface area contributed by atoms with Crippen molar-refractivity contribution in [2.45, 2.75) is 55.9 Å². The van der Waals surface area contributed by atoms with E-state index in [-0.39, 0.29) is 30.6 Å². The Morgan fingerprint density at radius 1 is 0.977 bits per heavy atom. The summed E-state index contributed by atoms with van der Waals surface area (Å²) in [6, 6.07) is 6.32. The third-order valence-corrected chi connectivity index (χ3v) is 8.55. The molecule has 0 spiro atoms. The van der Waals surface area contributed by atoms with E-state index in [0.29, 0.717) is 28.2 Å². The van der Waals surface area contributed by atoms with Crippen molar-refractivity contribution in [1.29, 1.82) is 0 Å². The van der Waals surface area contributed by atoms with E-state index in [1.165, 1.54) is 26.4 Å². The summed E-state index contributed by atoms with van der Waals surface area (Å²) in [6.07, 6.45) is -7.75. The van der Waals surface area contributed by atoms with Gasteiger partial charge < -0.3 is 63.4 Å². The van der Waals surface area contributed by atoms with E-state index in [2.05, 4.69) is 0 Å². The van der Waals surface area contributed by atoms with Crippen LogP contribution in [0.4, 0.5) is 0 Å². The highest BCUT2D eigenvalue weighted by Gasteiger charge is 2.53. The van der Waals surface area contributed by atoms with Gasteiger partial charge in [0.15, 0.2) is 35.6 Å². The summed E-state index contributed by atoms with van der Waals surface area (Å²) in [6.45, 7) is 1.05. The number of aromatic hydroxyl groups is 1.